The van der Waals surface area contributed by atoms with E-state index >= 15 is 4.39 Å². The van der Waals surface area contributed by atoms with Gasteiger partial charge in [0.15, 0.2) is 10.9 Å². The molecule has 3 aromatic heterocycles. The molecular formula is C25H16FN3O4S. The summed E-state index contributed by atoms with van der Waals surface area (Å²) >= 11 is 1.33. The molecule has 6 rings (SSSR count). The average molecular weight is 473 g/mol. The molecule has 2 aromatic carbocycles. The smallest absolute Gasteiger partial charge is 0.353 e. The summed E-state index contributed by atoms with van der Waals surface area (Å²) in [7, 11) is 0. The van der Waals surface area contributed by atoms with Crippen molar-refractivity contribution in [3.63, 3.8) is 0 Å². The summed E-state index contributed by atoms with van der Waals surface area (Å²) in [5.74, 6) is -1.97. The number of carboxylic acids is 1. The minimum Gasteiger partial charge on any atom is -0.477 e. The number of aromatic carboxylic acids is 1. The fourth-order valence-corrected chi connectivity index (χ4v) is 5.38. The van der Waals surface area contributed by atoms with Gasteiger partial charge in [0.2, 0.25) is 0 Å². The standard InChI is InChI=1S/C25H16FN3O4S/c26-15-10-17-21(23-13(15)7-8-33-23)20(14-3-1-2-4-18(14)30)22(24(31)32)29(17)11-12-5-6-16-19(9-12)34-25(27)28-16/h1-3,5-10H,4,11H2,(H2,27,28)(H,31,32). The Balaban J connectivity index is 1.69. The molecule has 0 saturated heterocycles. The molecule has 1 aliphatic carbocycles. The van der Waals surface area contributed by atoms with Gasteiger partial charge in [-0.3, -0.25) is 4.79 Å². The second kappa shape index (κ2) is 7.39. The van der Waals surface area contributed by atoms with Gasteiger partial charge < -0.3 is 19.8 Å². The minimum atomic E-state index is -1.22. The number of thiazole rings is 1. The van der Waals surface area contributed by atoms with E-state index in [1.807, 2.05) is 18.2 Å². The maximum atomic E-state index is 15.0. The summed E-state index contributed by atoms with van der Waals surface area (Å²) in [6, 6.07) is 8.32. The van der Waals surface area contributed by atoms with Crippen LogP contribution in [0.5, 0.6) is 0 Å². The number of carboxylic acid groups (broad SMARTS) is 1. The second-order valence-corrected chi connectivity index (χ2v) is 9.08. The van der Waals surface area contributed by atoms with E-state index in [0.29, 0.717) is 16.0 Å². The fourth-order valence-electron chi connectivity index (χ4n) is 4.59. The monoisotopic (exact) mass is 473 g/mol. The first-order chi connectivity index (χ1) is 16.4. The molecule has 0 bridgehead atoms. The lowest BCUT2D eigenvalue weighted by Gasteiger charge is -2.11. The van der Waals surface area contributed by atoms with Gasteiger partial charge in [-0.05, 0) is 29.8 Å². The van der Waals surface area contributed by atoms with Gasteiger partial charge in [0.1, 0.15) is 17.1 Å². The van der Waals surface area contributed by atoms with Crippen LogP contribution in [0.4, 0.5) is 9.52 Å². The van der Waals surface area contributed by atoms with Crippen LogP contribution in [0.3, 0.4) is 0 Å². The number of carbonyl (C=O) groups is 2. The molecule has 9 heteroatoms. The third-order valence-corrected chi connectivity index (χ3v) is 6.85. The van der Waals surface area contributed by atoms with Crippen LogP contribution in [0.1, 0.15) is 28.0 Å². The van der Waals surface area contributed by atoms with Gasteiger partial charge in [0.05, 0.1) is 32.8 Å². The summed E-state index contributed by atoms with van der Waals surface area (Å²) in [6.07, 6.45) is 6.54. The van der Waals surface area contributed by atoms with Gasteiger partial charge >= 0.3 is 5.97 Å². The zero-order valence-electron chi connectivity index (χ0n) is 17.5. The predicted octanol–water partition coefficient (Wildman–Crippen LogP) is 5.38. The molecule has 0 aliphatic heterocycles. The summed E-state index contributed by atoms with van der Waals surface area (Å²) < 4.78 is 23.0. The van der Waals surface area contributed by atoms with Gasteiger partial charge in [-0.1, -0.05) is 35.6 Å². The lowest BCUT2D eigenvalue weighted by molar-refractivity contribution is -0.113. The molecule has 1 aliphatic rings. The number of Topliss-reactive ketones (excluding diaryl/α,β-unsaturated/α-hetero) is 1. The number of nitrogen functional groups attached to an aromatic ring is 1. The third-order valence-electron chi connectivity index (χ3n) is 6.00. The molecule has 0 spiro atoms. The normalized spacial score (nSPS) is 13.9. The van der Waals surface area contributed by atoms with E-state index in [0.717, 1.165) is 15.8 Å². The molecule has 5 aromatic rings. The van der Waals surface area contributed by atoms with Crippen LogP contribution in [0.2, 0.25) is 0 Å². The van der Waals surface area contributed by atoms with Crippen LogP contribution in [-0.4, -0.2) is 26.4 Å². The maximum Gasteiger partial charge on any atom is 0.353 e. The highest BCUT2D eigenvalue weighted by Crippen LogP contribution is 2.40. The lowest BCUT2D eigenvalue weighted by Crippen LogP contribution is -2.13. The van der Waals surface area contributed by atoms with Crippen LogP contribution < -0.4 is 5.73 Å². The van der Waals surface area contributed by atoms with Gasteiger partial charge in [-0.2, -0.15) is 0 Å². The van der Waals surface area contributed by atoms with Gasteiger partial charge in [0, 0.05) is 24.1 Å². The summed E-state index contributed by atoms with van der Waals surface area (Å²) in [4.78, 5) is 29.7. The number of furan rings is 1. The number of hydrogen-bond donors (Lipinski definition) is 2. The number of carbonyl (C=O) groups excluding carboxylic acids is 1. The Morgan fingerprint density at radius 1 is 1.29 bits per heavy atom. The van der Waals surface area contributed by atoms with Crippen LogP contribution in [0.15, 0.2) is 59.2 Å². The zero-order chi connectivity index (χ0) is 23.6. The number of allylic oxidation sites excluding steroid dienone is 4. The third kappa shape index (κ3) is 2.97. The molecule has 7 nitrogen and oxygen atoms in total. The van der Waals surface area contributed by atoms with Crippen molar-refractivity contribution in [3.05, 3.63) is 77.5 Å². The highest BCUT2D eigenvalue weighted by molar-refractivity contribution is 7.22. The predicted molar refractivity (Wildman–Crippen MR) is 129 cm³/mol. The Hall–Kier alpha value is -4.24. The molecule has 0 amide bonds. The topological polar surface area (TPSA) is 111 Å². The van der Waals surface area contributed by atoms with Crippen molar-refractivity contribution < 1.29 is 23.5 Å². The molecule has 3 heterocycles. The van der Waals surface area contributed by atoms with E-state index in [2.05, 4.69) is 4.98 Å². The number of nitrogens with two attached hydrogens (primary N) is 1. The Labute approximate surface area is 195 Å². The number of nitrogens with zero attached hydrogens (tertiary/aromatic N) is 2. The first-order valence-corrected chi connectivity index (χ1v) is 11.2. The second-order valence-electron chi connectivity index (χ2n) is 8.02. The van der Waals surface area contributed by atoms with Crippen molar-refractivity contribution in [2.75, 3.05) is 5.73 Å². The van der Waals surface area contributed by atoms with Gasteiger partial charge in [-0.15, -0.1) is 0 Å². The van der Waals surface area contributed by atoms with E-state index in [9.17, 15) is 14.7 Å². The molecule has 0 fully saturated rings. The number of hydrogen-bond acceptors (Lipinski definition) is 6. The van der Waals surface area contributed by atoms with E-state index < -0.39 is 11.8 Å². The summed E-state index contributed by atoms with van der Waals surface area (Å²) in [5, 5.41) is 11.3. The number of benzene rings is 2. The van der Waals surface area contributed by atoms with Crippen LogP contribution in [0.25, 0.3) is 37.7 Å². The molecule has 3 N–H and O–H groups in total. The number of fused-ring (bicyclic) bond motifs is 4. The average Bonchev–Trinajstić information content (AvgIpc) is 3.49. The van der Waals surface area contributed by atoms with Crippen molar-refractivity contribution >= 4 is 65.9 Å². The van der Waals surface area contributed by atoms with Gasteiger partial charge in [0.25, 0.3) is 0 Å². The number of anilines is 1. The number of rotatable bonds is 4. The quantitative estimate of drug-likeness (QED) is 0.363. The van der Waals surface area contributed by atoms with E-state index in [1.54, 1.807) is 18.2 Å². The van der Waals surface area contributed by atoms with Crippen LogP contribution >= 0.6 is 11.3 Å². The summed E-state index contributed by atoms with van der Waals surface area (Å²) in [6.45, 7) is 0.134. The molecule has 34 heavy (non-hydrogen) atoms. The fraction of sp³-hybridized carbons (Fsp3) is 0.0800. The van der Waals surface area contributed by atoms with Crippen molar-refractivity contribution in [2.45, 2.75) is 13.0 Å². The Kier molecular flexibility index (Phi) is 4.43. The Morgan fingerprint density at radius 3 is 2.94 bits per heavy atom. The SMILES string of the molecule is Nc1nc2ccc(Cn3c(C(=O)O)c(C4=CC=CCC4=O)c4c5occc5c(F)cc43)cc2s1. The zero-order valence-corrected chi connectivity index (χ0v) is 18.4. The first kappa shape index (κ1) is 20.4. The highest BCUT2D eigenvalue weighted by Gasteiger charge is 2.31. The Bertz CT molecular complexity index is 1740. The number of ketones is 1. The van der Waals surface area contributed by atoms with Crippen molar-refractivity contribution in [2.24, 2.45) is 0 Å². The van der Waals surface area contributed by atoms with Gasteiger partial charge in [-0.25, -0.2) is 14.2 Å². The molecule has 0 saturated carbocycles. The minimum absolute atomic E-state index is 0.0999. The number of aromatic nitrogens is 2. The highest BCUT2D eigenvalue weighted by atomic mass is 32.1. The lowest BCUT2D eigenvalue weighted by atomic mass is 9.93. The largest absolute Gasteiger partial charge is 0.477 e. The van der Waals surface area contributed by atoms with Crippen molar-refractivity contribution in [3.8, 4) is 0 Å². The number of halogens is 1. The molecule has 0 atom stereocenters. The van der Waals surface area contributed by atoms with Crippen LogP contribution in [-0.2, 0) is 11.3 Å². The van der Waals surface area contributed by atoms with E-state index in [1.165, 1.54) is 34.3 Å². The molecule has 0 unspecified atom stereocenters. The molecular weight excluding hydrogens is 457 g/mol. The van der Waals surface area contributed by atoms with Crippen molar-refractivity contribution in [1.82, 2.24) is 9.55 Å². The Morgan fingerprint density at radius 2 is 2.15 bits per heavy atom. The summed E-state index contributed by atoms with van der Waals surface area (Å²) in [5.41, 5.74) is 8.29. The molecule has 168 valence electrons. The molecule has 0 radical (unpaired) electrons. The van der Waals surface area contributed by atoms with E-state index in [4.69, 9.17) is 10.2 Å². The van der Waals surface area contributed by atoms with Crippen LogP contribution in [0, 0.1) is 5.82 Å². The maximum absolute atomic E-state index is 15.0. The first-order valence-electron chi connectivity index (χ1n) is 10.4. The van der Waals surface area contributed by atoms with E-state index in [-0.39, 0.29) is 46.5 Å². The van der Waals surface area contributed by atoms with Crippen molar-refractivity contribution in [1.29, 1.82) is 0 Å².